The van der Waals surface area contributed by atoms with E-state index in [-0.39, 0.29) is 12.8 Å². The quantitative estimate of drug-likeness (QED) is 0.709. The molecule has 0 radical (unpaired) electrons. The van der Waals surface area contributed by atoms with Gasteiger partial charge < -0.3 is 5.11 Å². The Kier molecular flexibility index (Phi) is 2.30. The Morgan fingerprint density at radius 3 is 2.25 bits per heavy atom. The van der Waals surface area contributed by atoms with Gasteiger partial charge in [-0.15, -0.1) is 0 Å². The van der Waals surface area contributed by atoms with Gasteiger partial charge in [-0.2, -0.15) is 13.2 Å². The van der Waals surface area contributed by atoms with E-state index in [1.54, 1.807) is 0 Å². The van der Waals surface area contributed by atoms with Crippen LogP contribution in [0.15, 0.2) is 0 Å². The van der Waals surface area contributed by atoms with Crippen molar-refractivity contribution in [2.24, 2.45) is 11.8 Å². The second kappa shape index (κ2) is 2.95. The average molecular weight is 182 g/mol. The molecule has 1 N–H and O–H groups in total. The molecule has 5 heteroatoms. The van der Waals surface area contributed by atoms with Gasteiger partial charge in [0.1, 0.15) is 0 Å². The molecule has 1 rings (SSSR count). The van der Waals surface area contributed by atoms with E-state index in [1.807, 2.05) is 0 Å². The Balaban J connectivity index is 2.44. The zero-order valence-corrected chi connectivity index (χ0v) is 6.27. The largest absolute Gasteiger partial charge is 0.481 e. The van der Waals surface area contributed by atoms with Gasteiger partial charge in [-0.25, -0.2) is 0 Å². The van der Waals surface area contributed by atoms with Crippen LogP contribution in [-0.4, -0.2) is 17.3 Å². The zero-order chi connectivity index (χ0) is 9.35. The van der Waals surface area contributed by atoms with Crippen LogP contribution in [0.2, 0.25) is 0 Å². The smallest absolute Gasteiger partial charge is 0.392 e. The van der Waals surface area contributed by atoms with E-state index in [0.29, 0.717) is 6.42 Å². The molecule has 70 valence electrons. The van der Waals surface area contributed by atoms with Gasteiger partial charge in [0.15, 0.2) is 0 Å². The molecular formula is C7H9F3O2. The molecule has 0 heterocycles. The minimum Gasteiger partial charge on any atom is -0.481 e. The van der Waals surface area contributed by atoms with Crippen molar-refractivity contribution in [3.63, 3.8) is 0 Å². The van der Waals surface area contributed by atoms with Crippen molar-refractivity contribution in [3.8, 4) is 0 Å². The van der Waals surface area contributed by atoms with Crippen molar-refractivity contribution in [1.82, 2.24) is 0 Å². The molecule has 0 spiro atoms. The summed E-state index contributed by atoms with van der Waals surface area (Å²) >= 11 is 0. The number of aliphatic carboxylic acids is 1. The van der Waals surface area contributed by atoms with Gasteiger partial charge in [-0.05, 0) is 18.8 Å². The summed E-state index contributed by atoms with van der Waals surface area (Å²) in [5.74, 6) is -3.22. The molecule has 0 aromatic heterocycles. The maximum atomic E-state index is 12.0. The maximum absolute atomic E-state index is 12.0. The van der Waals surface area contributed by atoms with Crippen molar-refractivity contribution >= 4 is 5.97 Å². The normalized spacial score (nSPS) is 29.6. The van der Waals surface area contributed by atoms with Crippen LogP contribution in [0.3, 0.4) is 0 Å². The fourth-order valence-electron chi connectivity index (χ4n) is 1.47. The van der Waals surface area contributed by atoms with Gasteiger partial charge in [0.05, 0.1) is 5.92 Å². The summed E-state index contributed by atoms with van der Waals surface area (Å²) in [5.41, 5.74) is 0. The number of hydrogen-bond donors (Lipinski definition) is 1. The van der Waals surface area contributed by atoms with Crippen molar-refractivity contribution in [2.45, 2.75) is 25.4 Å². The van der Waals surface area contributed by atoms with Gasteiger partial charge in [0.25, 0.3) is 0 Å². The minimum absolute atomic E-state index is 0.0848. The van der Waals surface area contributed by atoms with Gasteiger partial charge in [0, 0.05) is 6.42 Å². The molecule has 1 saturated carbocycles. The van der Waals surface area contributed by atoms with Crippen molar-refractivity contribution in [3.05, 3.63) is 0 Å². The number of carbonyl (C=O) groups is 1. The average Bonchev–Trinajstić information content (AvgIpc) is 1.75. The second-order valence-corrected chi connectivity index (χ2v) is 3.08. The van der Waals surface area contributed by atoms with Gasteiger partial charge in [-0.3, -0.25) is 4.79 Å². The molecular weight excluding hydrogens is 173 g/mol. The number of carboxylic acid groups (broad SMARTS) is 1. The first-order valence-corrected chi connectivity index (χ1v) is 3.69. The highest BCUT2D eigenvalue weighted by atomic mass is 19.4. The maximum Gasteiger partial charge on any atom is 0.392 e. The first-order chi connectivity index (χ1) is 5.41. The Labute approximate surface area is 67.4 Å². The molecule has 1 fully saturated rings. The summed E-state index contributed by atoms with van der Waals surface area (Å²) in [6, 6.07) is 0. The lowest BCUT2D eigenvalue weighted by atomic mass is 9.71. The molecule has 12 heavy (non-hydrogen) atoms. The number of hydrogen-bond acceptors (Lipinski definition) is 1. The summed E-state index contributed by atoms with van der Waals surface area (Å²) in [6.07, 6.45) is -4.10. The van der Waals surface area contributed by atoms with E-state index < -0.39 is 24.0 Å². The first kappa shape index (κ1) is 9.35. The molecule has 0 unspecified atom stereocenters. The lowest BCUT2D eigenvalue weighted by molar-refractivity contribution is -0.214. The topological polar surface area (TPSA) is 37.3 Å². The molecule has 0 saturated heterocycles. The van der Waals surface area contributed by atoms with Crippen LogP contribution in [0.1, 0.15) is 19.3 Å². The monoisotopic (exact) mass is 182 g/mol. The summed E-state index contributed by atoms with van der Waals surface area (Å²) in [6.45, 7) is 0. The highest BCUT2D eigenvalue weighted by Gasteiger charge is 2.50. The van der Waals surface area contributed by atoms with Crippen molar-refractivity contribution < 1.29 is 23.1 Å². The predicted molar refractivity (Wildman–Crippen MR) is 34.5 cm³/mol. The molecule has 0 bridgehead atoms. The third-order valence-electron chi connectivity index (χ3n) is 2.27. The molecule has 0 aromatic carbocycles. The molecule has 0 aromatic rings. The fraction of sp³-hybridized carbons (Fsp3) is 0.857. The number of halogens is 3. The Hall–Kier alpha value is -0.740. The Morgan fingerprint density at radius 1 is 1.42 bits per heavy atom. The first-order valence-electron chi connectivity index (χ1n) is 3.69. The van der Waals surface area contributed by atoms with Crippen LogP contribution in [0.25, 0.3) is 0 Å². The van der Waals surface area contributed by atoms with E-state index in [2.05, 4.69) is 0 Å². The van der Waals surface area contributed by atoms with Crippen LogP contribution in [-0.2, 0) is 4.79 Å². The second-order valence-electron chi connectivity index (χ2n) is 3.08. The van der Waals surface area contributed by atoms with Crippen LogP contribution >= 0.6 is 0 Å². The third-order valence-corrected chi connectivity index (χ3v) is 2.27. The van der Waals surface area contributed by atoms with E-state index in [0.717, 1.165) is 0 Å². The zero-order valence-electron chi connectivity index (χ0n) is 6.27. The highest BCUT2D eigenvalue weighted by Crippen LogP contribution is 2.46. The van der Waals surface area contributed by atoms with E-state index in [9.17, 15) is 18.0 Å². The van der Waals surface area contributed by atoms with Gasteiger partial charge in [-0.1, -0.05) is 0 Å². The molecule has 2 atom stereocenters. The lowest BCUT2D eigenvalue weighted by Crippen LogP contribution is -2.39. The summed E-state index contributed by atoms with van der Waals surface area (Å²) in [4.78, 5) is 10.1. The minimum atomic E-state index is -4.21. The number of carboxylic acids is 1. The van der Waals surface area contributed by atoms with Crippen molar-refractivity contribution in [2.75, 3.05) is 0 Å². The molecule has 0 aliphatic heterocycles. The summed E-state index contributed by atoms with van der Waals surface area (Å²) < 4.78 is 36.0. The van der Waals surface area contributed by atoms with E-state index >= 15 is 0 Å². The number of rotatable bonds is 2. The third kappa shape index (κ3) is 1.89. The molecule has 0 amide bonds. The highest BCUT2D eigenvalue weighted by molar-refractivity contribution is 5.67. The summed E-state index contributed by atoms with van der Waals surface area (Å²) in [7, 11) is 0. The Bertz CT molecular complexity index is 188. The van der Waals surface area contributed by atoms with Crippen LogP contribution in [0.5, 0.6) is 0 Å². The molecule has 2 nitrogen and oxygen atoms in total. The predicted octanol–water partition coefficient (Wildman–Crippen LogP) is 2.05. The standard InChI is InChI=1S/C7H9F3O2/c8-7(9,10)5-2-1-4(5)3-6(11)12/h4-5H,1-3H2,(H,11,12)/t4-,5+/m0/s1. The van der Waals surface area contributed by atoms with Crippen LogP contribution in [0.4, 0.5) is 13.2 Å². The van der Waals surface area contributed by atoms with Crippen LogP contribution in [0, 0.1) is 11.8 Å². The Morgan fingerprint density at radius 2 is 2.00 bits per heavy atom. The lowest BCUT2D eigenvalue weighted by Gasteiger charge is -2.36. The van der Waals surface area contributed by atoms with Gasteiger partial charge >= 0.3 is 12.1 Å². The molecule has 1 aliphatic carbocycles. The molecule has 1 aliphatic rings. The van der Waals surface area contributed by atoms with E-state index in [1.165, 1.54) is 0 Å². The fourth-order valence-corrected chi connectivity index (χ4v) is 1.47. The number of alkyl halides is 3. The SMILES string of the molecule is O=C(O)C[C@@H]1CC[C@H]1C(F)(F)F. The van der Waals surface area contributed by atoms with Crippen molar-refractivity contribution in [1.29, 1.82) is 0 Å². The van der Waals surface area contributed by atoms with Gasteiger partial charge in [0.2, 0.25) is 0 Å². The van der Waals surface area contributed by atoms with E-state index in [4.69, 9.17) is 5.11 Å². The van der Waals surface area contributed by atoms with Crippen LogP contribution < -0.4 is 0 Å². The summed E-state index contributed by atoms with van der Waals surface area (Å²) in [5, 5.41) is 8.27.